The summed E-state index contributed by atoms with van der Waals surface area (Å²) in [5, 5.41) is 84.9. The van der Waals surface area contributed by atoms with Crippen LogP contribution in [0.2, 0.25) is 0 Å². The fourth-order valence-electron chi connectivity index (χ4n) is 2.16. The van der Waals surface area contributed by atoms with Gasteiger partial charge in [0.2, 0.25) is 0 Å². The van der Waals surface area contributed by atoms with Gasteiger partial charge in [-0.3, -0.25) is 0 Å². The molecule has 1 rings (SSSR count). The lowest BCUT2D eigenvalue weighted by Crippen LogP contribution is -2.61. The van der Waals surface area contributed by atoms with Crippen LogP contribution in [0, 0.1) is 0 Å². The number of hydrogen-bond donors (Lipinski definition) is 9. The Bertz CT molecular complexity index is 341. The summed E-state index contributed by atoms with van der Waals surface area (Å²) in [6.07, 6.45) is -15.1. The van der Waals surface area contributed by atoms with Gasteiger partial charge in [-0.25, -0.2) is 0 Å². The molecule has 11 heteroatoms. The maximum Gasteiger partial charge on any atom is 0.187 e. The second kappa shape index (κ2) is 9.15. The van der Waals surface area contributed by atoms with E-state index in [2.05, 4.69) is 0 Å². The molecule has 138 valence electrons. The van der Waals surface area contributed by atoms with Crippen LogP contribution in [0.25, 0.3) is 0 Å². The zero-order valence-electron chi connectivity index (χ0n) is 12.2. The van der Waals surface area contributed by atoms with Crippen molar-refractivity contribution in [3.05, 3.63) is 0 Å². The van der Waals surface area contributed by atoms with E-state index < -0.39 is 74.9 Å². The molecule has 1 aliphatic rings. The van der Waals surface area contributed by atoms with E-state index in [0.29, 0.717) is 0 Å². The smallest absolute Gasteiger partial charge is 0.187 e. The van der Waals surface area contributed by atoms with Crippen molar-refractivity contribution in [1.82, 2.24) is 0 Å². The van der Waals surface area contributed by atoms with Crippen molar-refractivity contribution in [2.45, 2.75) is 55.1 Å². The first-order valence-electron chi connectivity index (χ1n) is 7.00. The predicted octanol–water partition coefficient (Wildman–Crippen LogP) is -5.76. The van der Waals surface area contributed by atoms with Gasteiger partial charge >= 0.3 is 0 Å². The van der Waals surface area contributed by atoms with Gasteiger partial charge in [-0.05, 0) is 0 Å². The van der Waals surface area contributed by atoms with Gasteiger partial charge in [-0.1, -0.05) is 0 Å². The van der Waals surface area contributed by atoms with Gasteiger partial charge in [0.1, 0.15) is 48.8 Å². The molecule has 1 heterocycles. The van der Waals surface area contributed by atoms with Crippen LogP contribution in [0.1, 0.15) is 0 Å². The van der Waals surface area contributed by atoms with Crippen molar-refractivity contribution < 1.29 is 55.4 Å². The van der Waals surface area contributed by atoms with Gasteiger partial charge < -0.3 is 55.4 Å². The average Bonchev–Trinajstić information content (AvgIpc) is 2.57. The predicted molar refractivity (Wildman–Crippen MR) is 70.8 cm³/mol. The van der Waals surface area contributed by atoms with Crippen LogP contribution in [0.3, 0.4) is 0 Å². The SMILES string of the molecule is OC[C@H](O)[C@H](O)[C@H](O[C@@H]1O[C@H](CO)[C@@H](O)[C@H](O)[C@H]1O)[C@@H](O)CO. The van der Waals surface area contributed by atoms with Crippen LogP contribution < -0.4 is 0 Å². The lowest BCUT2D eigenvalue weighted by atomic mass is 9.98. The molecule has 9 atom stereocenters. The van der Waals surface area contributed by atoms with Crippen LogP contribution in [0.4, 0.5) is 0 Å². The molecule has 1 saturated heterocycles. The summed E-state index contributed by atoms with van der Waals surface area (Å²) < 4.78 is 10.1. The van der Waals surface area contributed by atoms with Crippen LogP contribution in [0.5, 0.6) is 0 Å². The van der Waals surface area contributed by atoms with Crippen LogP contribution in [-0.2, 0) is 9.47 Å². The summed E-state index contributed by atoms with van der Waals surface area (Å²) in [6, 6.07) is 0. The Morgan fingerprint density at radius 3 is 1.87 bits per heavy atom. The minimum absolute atomic E-state index is 0.708. The molecule has 0 radical (unpaired) electrons. The molecule has 0 aliphatic carbocycles. The zero-order chi connectivity index (χ0) is 17.7. The fraction of sp³-hybridized carbons (Fsp3) is 1.00. The van der Waals surface area contributed by atoms with E-state index in [-0.39, 0.29) is 0 Å². The molecule has 23 heavy (non-hydrogen) atoms. The van der Waals surface area contributed by atoms with Gasteiger partial charge in [0, 0.05) is 0 Å². The van der Waals surface area contributed by atoms with Gasteiger partial charge in [-0.15, -0.1) is 0 Å². The molecule has 0 aromatic carbocycles. The lowest BCUT2D eigenvalue weighted by molar-refractivity contribution is -0.327. The third-order valence-corrected chi connectivity index (χ3v) is 3.62. The summed E-state index contributed by atoms with van der Waals surface area (Å²) in [5.74, 6) is 0. The molecular weight excluding hydrogens is 320 g/mol. The second-order valence-corrected chi connectivity index (χ2v) is 5.29. The Hall–Kier alpha value is -0.440. The summed E-state index contributed by atoms with van der Waals surface area (Å²) in [5.41, 5.74) is 0. The van der Waals surface area contributed by atoms with Gasteiger partial charge in [0.05, 0.1) is 19.8 Å². The molecular formula is C12H24O11. The Labute approximate surface area is 131 Å². The van der Waals surface area contributed by atoms with E-state index in [1.54, 1.807) is 0 Å². The molecule has 0 bridgehead atoms. The summed E-state index contributed by atoms with van der Waals surface area (Å²) in [6.45, 7) is -2.45. The number of ether oxygens (including phenoxy) is 2. The standard InChI is InChI=1S/C12H24O11/c13-1-4(16)7(18)11(5(17)2-14)23-12-10(21)9(20)8(19)6(3-15)22-12/h4-21H,1-3H2/t4-,5-,6+,7-,8+,9-,10+,11+,12-/m0/s1. The number of aliphatic hydroxyl groups is 9. The van der Waals surface area contributed by atoms with Crippen LogP contribution in [-0.4, -0.2) is 121 Å². The third kappa shape index (κ3) is 4.78. The second-order valence-electron chi connectivity index (χ2n) is 5.29. The van der Waals surface area contributed by atoms with Gasteiger partial charge in [0.15, 0.2) is 6.29 Å². The number of rotatable bonds is 8. The first kappa shape index (κ1) is 20.6. The molecule has 0 saturated carbocycles. The molecule has 1 fully saturated rings. The monoisotopic (exact) mass is 344 g/mol. The minimum Gasteiger partial charge on any atom is -0.394 e. The highest BCUT2D eigenvalue weighted by molar-refractivity contribution is 4.91. The Kier molecular flexibility index (Phi) is 8.20. The number of hydrogen-bond acceptors (Lipinski definition) is 11. The van der Waals surface area contributed by atoms with Crippen molar-refractivity contribution in [3.63, 3.8) is 0 Å². The quantitative estimate of drug-likeness (QED) is 0.203. The molecule has 11 nitrogen and oxygen atoms in total. The van der Waals surface area contributed by atoms with Crippen molar-refractivity contribution in [2.75, 3.05) is 19.8 Å². The Morgan fingerprint density at radius 1 is 0.826 bits per heavy atom. The molecule has 0 unspecified atom stereocenters. The van der Waals surface area contributed by atoms with Crippen molar-refractivity contribution in [1.29, 1.82) is 0 Å². The highest BCUT2D eigenvalue weighted by Gasteiger charge is 2.46. The molecule has 0 amide bonds. The van der Waals surface area contributed by atoms with E-state index in [1.165, 1.54) is 0 Å². The summed E-state index contributed by atoms with van der Waals surface area (Å²) >= 11 is 0. The van der Waals surface area contributed by atoms with E-state index in [4.69, 9.17) is 24.8 Å². The topological polar surface area (TPSA) is 201 Å². The molecule has 1 aliphatic heterocycles. The first-order valence-corrected chi connectivity index (χ1v) is 7.00. The van der Waals surface area contributed by atoms with E-state index in [0.717, 1.165) is 0 Å². The Balaban J connectivity index is 2.89. The average molecular weight is 344 g/mol. The largest absolute Gasteiger partial charge is 0.394 e. The van der Waals surface area contributed by atoms with Gasteiger partial charge in [0.25, 0.3) is 0 Å². The Morgan fingerprint density at radius 2 is 1.39 bits per heavy atom. The lowest BCUT2D eigenvalue weighted by Gasteiger charge is -2.42. The van der Waals surface area contributed by atoms with E-state index in [9.17, 15) is 30.6 Å². The highest BCUT2D eigenvalue weighted by atomic mass is 16.7. The van der Waals surface area contributed by atoms with Crippen molar-refractivity contribution in [2.24, 2.45) is 0 Å². The number of aliphatic hydroxyl groups excluding tert-OH is 9. The van der Waals surface area contributed by atoms with Crippen LogP contribution >= 0.6 is 0 Å². The molecule has 0 spiro atoms. The molecule has 0 aromatic heterocycles. The summed E-state index contributed by atoms with van der Waals surface area (Å²) in [4.78, 5) is 0. The molecule has 9 N–H and O–H groups in total. The first-order chi connectivity index (χ1) is 10.8. The highest BCUT2D eigenvalue weighted by Crippen LogP contribution is 2.24. The van der Waals surface area contributed by atoms with Crippen molar-refractivity contribution >= 4 is 0 Å². The third-order valence-electron chi connectivity index (χ3n) is 3.62. The maximum absolute atomic E-state index is 9.83. The van der Waals surface area contributed by atoms with Gasteiger partial charge in [-0.2, -0.15) is 0 Å². The van der Waals surface area contributed by atoms with E-state index >= 15 is 0 Å². The maximum atomic E-state index is 9.83. The fourth-order valence-corrected chi connectivity index (χ4v) is 2.16. The van der Waals surface area contributed by atoms with E-state index in [1.807, 2.05) is 0 Å². The van der Waals surface area contributed by atoms with Crippen molar-refractivity contribution in [3.8, 4) is 0 Å². The minimum atomic E-state index is -1.85. The summed E-state index contributed by atoms with van der Waals surface area (Å²) in [7, 11) is 0. The normalized spacial score (nSPS) is 37.2. The van der Waals surface area contributed by atoms with Crippen LogP contribution in [0.15, 0.2) is 0 Å². The molecule has 0 aromatic rings. The zero-order valence-corrected chi connectivity index (χ0v) is 12.2.